The molecule has 1 fully saturated rings. The summed E-state index contributed by atoms with van der Waals surface area (Å²) in [6, 6.07) is 1.72. The van der Waals surface area contributed by atoms with Gasteiger partial charge in [0.25, 0.3) is 5.91 Å². The molecular formula is C19H24N6O2. The van der Waals surface area contributed by atoms with E-state index in [1.54, 1.807) is 16.8 Å². The van der Waals surface area contributed by atoms with Crippen LogP contribution in [0.15, 0.2) is 24.7 Å². The zero-order valence-electron chi connectivity index (χ0n) is 15.4. The summed E-state index contributed by atoms with van der Waals surface area (Å²) in [5.41, 5.74) is 4.43. The number of aliphatic hydroxyl groups is 1. The summed E-state index contributed by atoms with van der Waals surface area (Å²) in [5.74, 6) is 0.373. The number of H-pyrrole nitrogens is 1. The van der Waals surface area contributed by atoms with Crippen LogP contribution < -0.4 is 0 Å². The van der Waals surface area contributed by atoms with Crippen molar-refractivity contribution in [3.63, 3.8) is 0 Å². The van der Waals surface area contributed by atoms with E-state index in [1.165, 1.54) is 11.3 Å². The number of carbonyl (C=O) groups excluding carboxylic acids is 1. The zero-order valence-corrected chi connectivity index (χ0v) is 15.4. The van der Waals surface area contributed by atoms with Crippen molar-refractivity contribution < 1.29 is 9.90 Å². The number of hydrogen-bond donors (Lipinski definition) is 2. The van der Waals surface area contributed by atoms with E-state index < -0.39 is 0 Å². The first-order chi connectivity index (χ1) is 13.2. The molecule has 1 aliphatic heterocycles. The lowest BCUT2D eigenvalue weighted by Gasteiger charge is -2.31. The van der Waals surface area contributed by atoms with Crippen LogP contribution in [0.2, 0.25) is 0 Å². The number of fused-ring (bicyclic) bond motifs is 1. The van der Waals surface area contributed by atoms with Crippen molar-refractivity contribution in [2.45, 2.75) is 38.5 Å². The van der Waals surface area contributed by atoms with Crippen molar-refractivity contribution in [3.05, 3.63) is 47.2 Å². The Morgan fingerprint density at radius 1 is 1.33 bits per heavy atom. The predicted molar refractivity (Wildman–Crippen MR) is 99.6 cm³/mol. The van der Waals surface area contributed by atoms with Gasteiger partial charge >= 0.3 is 0 Å². The Kier molecular flexibility index (Phi) is 4.89. The maximum atomic E-state index is 12.9. The second kappa shape index (κ2) is 7.48. The minimum atomic E-state index is -0.0528. The number of amides is 1. The molecule has 4 heterocycles. The van der Waals surface area contributed by atoms with Crippen molar-refractivity contribution in [1.29, 1.82) is 0 Å². The molecule has 3 aromatic heterocycles. The quantitative estimate of drug-likeness (QED) is 0.712. The first-order valence-corrected chi connectivity index (χ1v) is 9.46. The number of hydrogen-bond acceptors (Lipinski definition) is 5. The first kappa shape index (κ1) is 17.7. The van der Waals surface area contributed by atoms with E-state index in [0.29, 0.717) is 36.8 Å². The SMILES string of the molecule is CCc1cn[nH]c1C1CCN(C(=O)c2cc3ncc(CCO)cn3n2)CC1. The molecule has 4 rings (SSSR count). The molecule has 0 spiro atoms. The minimum absolute atomic E-state index is 0.0528. The fraction of sp³-hybridized carbons (Fsp3) is 0.474. The van der Waals surface area contributed by atoms with Crippen molar-refractivity contribution >= 4 is 11.6 Å². The molecule has 8 heteroatoms. The van der Waals surface area contributed by atoms with Gasteiger partial charge in [-0.2, -0.15) is 10.2 Å². The highest BCUT2D eigenvalue weighted by Gasteiger charge is 2.27. The van der Waals surface area contributed by atoms with Gasteiger partial charge < -0.3 is 10.0 Å². The van der Waals surface area contributed by atoms with Crippen molar-refractivity contribution in [1.82, 2.24) is 29.7 Å². The summed E-state index contributed by atoms with van der Waals surface area (Å²) in [4.78, 5) is 19.0. The molecule has 1 saturated heterocycles. The van der Waals surface area contributed by atoms with Gasteiger partial charge in [0.15, 0.2) is 11.3 Å². The van der Waals surface area contributed by atoms with Gasteiger partial charge in [-0.05, 0) is 36.8 Å². The minimum Gasteiger partial charge on any atom is -0.396 e. The maximum Gasteiger partial charge on any atom is 0.274 e. The molecule has 0 aliphatic carbocycles. The third-order valence-electron chi connectivity index (χ3n) is 5.31. The Bertz CT molecular complexity index is 939. The summed E-state index contributed by atoms with van der Waals surface area (Å²) in [7, 11) is 0. The highest BCUT2D eigenvalue weighted by atomic mass is 16.3. The van der Waals surface area contributed by atoms with Crippen LogP contribution in [0.1, 0.15) is 53.0 Å². The van der Waals surface area contributed by atoms with Crippen LogP contribution >= 0.6 is 0 Å². The summed E-state index contributed by atoms with van der Waals surface area (Å²) in [6.45, 7) is 3.62. The molecule has 0 bridgehead atoms. The smallest absolute Gasteiger partial charge is 0.274 e. The first-order valence-electron chi connectivity index (χ1n) is 9.46. The van der Waals surface area contributed by atoms with Crippen LogP contribution in [0.25, 0.3) is 5.65 Å². The van der Waals surface area contributed by atoms with E-state index in [4.69, 9.17) is 5.11 Å². The van der Waals surface area contributed by atoms with Crippen molar-refractivity contribution in [2.75, 3.05) is 19.7 Å². The van der Waals surface area contributed by atoms with Gasteiger partial charge in [0, 0.05) is 49.8 Å². The molecule has 2 N–H and O–H groups in total. The molecule has 3 aromatic rings. The highest BCUT2D eigenvalue weighted by molar-refractivity contribution is 5.93. The normalized spacial score (nSPS) is 15.6. The molecule has 0 aromatic carbocycles. The molecule has 1 amide bonds. The second-order valence-electron chi connectivity index (χ2n) is 7.00. The summed E-state index contributed by atoms with van der Waals surface area (Å²) >= 11 is 0. The molecular weight excluding hydrogens is 344 g/mol. The predicted octanol–water partition coefficient (Wildman–Crippen LogP) is 1.57. The number of rotatable bonds is 5. The fourth-order valence-corrected chi connectivity index (χ4v) is 3.77. The average Bonchev–Trinajstić information content (AvgIpc) is 3.34. The topological polar surface area (TPSA) is 99.4 Å². The number of aromatic amines is 1. The van der Waals surface area contributed by atoms with Gasteiger partial charge in [-0.3, -0.25) is 9.89 Å². The average molecular weight is 368 g/mol. The van der Waals surface area contributed by atoms with E-state index in [9.17, 15) is 4.79 Å². The van der Waals surface area contributed by atoms with Crippen LogP contribution in [0.4, 0.5) is 0 Å². The van der Waals surface area contributed by atoms with Crippen LogP contribution in [0.3, 0.4) is 0 Å². The Hall–Kier alpha value is -2.74. The van der Waals surface area contributed by atoms with E-state index in [0.717, 1.165) is 24.8 Å². The Balaban J connectivity index is 1.45. The van der Waals surface area contributed by atoms with Crippen LogP contribution in [0, 0.1) is 0 Å². The van der Waals surface area contributed by atoms with E-state index in [2.05, 4.69) is 27.2 Å². The molecule has 1 aliphatic rings. The number of aliphatic hydroxyl groups excluding tert-OH is 1. The fourth-order valence-electron chi connectivity index (χ4n) is 3.77. The lowest BCUT2D eigenvalue weighted by molar-refractivity contribution is 0.0705. The lowest BCUT2D eigenvalue weighted by atomic mass is 9.90. The summed E-state index contributed by atoms with van der Waals surface area (Å²) < 4.78 is 1.61. The number of likely N-dealkylation sites (tertiary alicyclic amines) is 1. The van der Waals surface area contributed by atoms with Gasteiger partial charge in [-0.25, -0.2) is 9.50 Å². The number of nitrogens with one attached hydrogen (secondary N) is 1. The largest absolute Gasteiger partial charge is 0.396 e. The van der Waals surface area contributed by atoms with E-state index >= 15 is 0 Å². The standard InChI is InChI=1S/C19H24N6O2/c1-2-14-11-21-22-18(14)15-3-6-24(7-4-15)19(27)16-9-17-20-10-13(5-8-26)12-25(17)23-16/h9-12,15,26H,2-8H2,1H3,(H,21,22). The highest BCUT2D eigenvalue weighted by Crippen LogP contribution is 2.29. The zero-order chi connectivity index (χ0) is 18.8. The van der Waals surface area contributed by atoms with Gasteiger partial charge in [0.05, 0.1) is 6.20 Å². The maximum absolute atomic E-state index is 12.9. The molecule has 0 atom stereocenters. The third kappa shape index (κ3) is 3.44. The second-order valence-corrected chi connectivity index (χ2v) is 7.00. The van der Waals surface area contributed by atoms with E-state index in [-0.39, 0.29) is 12.5 Å². The van der Waals surface area contributed by atoms with Gasteiger partial charge in [-0.15, -0.1) is 0 Å². The Morgan fingerprint density at radius 2 is 2.15 bits per heavy atom. The molecule has 0 unspecified atom stereocenters. The molecule has 0 radical (unpaired) electrons. The van der Waals surface area contributed by atoms with Gasteiger partial charge in [0.2, 0.25) is 0 Å². The Morgan fingerprint density at radius 3 is 2.89 bits per heavy atom. The monoisotopic (exact) mass is 368 g/mol. The van der Waals surface area contributed by atoms with Gasteiger partial charge in [-0.1, -0.05) is 6.92 Å². The Labute approximate surface area is 157 Å². The summed E-state index contributed by atoms with van der Waals surface area (Å²) in [6.07, 6.45) is 8.77. The van der Waals surface area contributed by atoms with Gasteiger partial charge in [0.1, 0.15) is 0 Å². The number of nitrogens with zero attached hydrogens (tertiary/aromatic N) is 5. The van der Waals surface area contributed by atoms with Crippen LogP contribution in [-0.2, 0) is 12.8 Å². The number of piperidine rings is 1. The third-order valence-corrected chi connectivity index (χ3v) is 5.31. The number of aryl methyl sites for hydroxylation is 1. The van der Waals surface area contributed by atoms with Crippen LogP contribution in [0.5, 0.6) is 0 Å². The number of carbonyl (C=O) groups is 1. The molecule has 27 heavy (non-hydrogen) atoms. The van der Waals surface area contributed by atoms with Crippen molar-refractivity contribution in [3.8, 4) is 0 Å². The number of aromatic nitrogens is 5. The lowest BCUT2D eigenvalue weighted by Crippen LogP contribution is -2.38. The summed E-state index contributed by atoms with van der Waals surface area (Å²) in [5, 5.41) is 20.8. The van der Waals surface area contributed by atoms with E-state index in [1.807, 2.05) is 17.3 Å². The molecule has 8 nitrogen and oxygen atoms in total. The molecule has 0 saturated carbocycles. The van der Waals surface area contributed by atoms with Crippen molar-refractivity contribution in [2.24, 2.45) is 0 Å². The van der Waals surface area contributed by atoms with Crippen LogP contribution in [-0.4, -0.2) is 60.4 Å². The molecule has 142 valence electrons.